The van der Waals surface area contributed by atoms with Crippen molar-refractivity contribution in [2.75, 3.05) is 0 Å². The second kappa shape index (κ2) is 4.72. The Bertz CT molecular complexity index is 562. The molecule has 18 heavy (non-hydrogen) atoms. The van der Waals surface area contributed by atoms with Crippen LogP contribution in [0.2, 0.25) is 0 Å². The number of aromatic nitrogens is 2. The lowest BCUT2D eigenvalue weighted by atomic mass is 10.2. The maximum atomic E-state index is 13.5. The molecule has 0 saturated carbocycles. The van der Waals surface area contributed by atoms with E-state index < -0.39 is 17.7 Å². The highest BCUT2D eigenvalue weighted by molar-refractivity contribution is 9.08. The molecule has 0 fully saturated rings. The average molecular weight is 323 g/mol. The third kappa shape index (κ3) is 2.40. The summed E-state index contributed by atoms with van der Waals surface area (Å²) in [6.07, 6.45) is -3.35. The van der Waals surface area contributed by atoms with Gasteiger partial charge in [0, 0.05) is 17.1 Å². The van der Waals surface area contributed by atoms with Gasteiger partial charge in [0.15, 0.2) is 5.69 Å². The summed E-state index contributed by atoms with van der Waals surface area (Å²) in [5.41, 5.74) is -0.469. The number of rotatable bonds is 2. The first kappa shape index (κ1) is 13.1. The van der Waals surface area contributed by atoms with E-state index in [2.05, 4.69) is 21.0 Å². The quantitative estimate of drug-likeness (QED) is 0.605. The van der Waals surface area contributed by atoms with Gasteiger partial charge in [-0.1, -0.05) is 22.0 Å². The second-order valence-corrected chi connectivity index (χ2v) is 4.08. The lowest BCUT2D eigenvalue weighted by molar-refractivity contribution is -0.141. The van der Waals surface area contributed by atoms with Gasteiger partial charge in [0.25, 0.3) is 0 Å². The number of hydrogen-bond acceptors (Lipinski definition) is 1. The minimum Gasteiger partial charge on any atom is -0.240 e. The third-order valence-electron chi connectivity index (χ3n) is 2.35. The molecular formula is C11H7BrF4N2. The van der Waals surface area contributed by atoms with Gasteiger partial charge >= 0.3 is 6.18 Å². The Kier molecular flexibility index (Phi) is 3.43. The second-order valence-electron chi connectivity index (χ2n) is 3.51. The van der Waals surface area contributed by atoms with Crippen molar-refractivity contribution in [2.45, 2.75) is 11.5 Å². The van der Waals surface area contributed by atoms with Crippen LogP contribution in [0.4, 0.5) is 17.6 Å². The normalized spacial score (nSPS) is 11.8. The van der Waals surface area contributed by atoms with Crippen molar-refractivity contribution in [3.8, 4) is 5.69 Å². The molecular weight excluding hydrogens is 316 g/mol. The molecule has 7 heteroatoms. The van der Waals surface area contributed by atoms with Crippen molar-refractivity contribution >= 4 is 15.9 Å². The van der Waals surface area contributed by atoms with E-state index in [0.717, 1.165) is 16.9 Å². The van der Waals surface area contributed by atoms with Crippen molar-refractivity contribution in [3.05, 3.63) is 47.5 Å². The maximum Gasteiger partial charge on any atom is 0.435 e. The van der Waals surface area contributed by atoms with Crippen molar-refractivity contribution in [1.29, 1.82) is 0 Å². The number of alkyl halides is 4. The molecule has 1 heterocycles. The zero-order valence-electron chi connectivity index (χ0n) is 8.88. The number of halogens is 5. The Labute approximate surface area is 108 Å². The van der Waals surface area contributed by atoms with Crippen LogP contribution in [-0.4, -0.2) is 9.78 Å². The zero-order chi connectivity index (χ0) is 13.3. The highest BCUT2D eigenvalue weighted by Crippen LogP contribution is 2.28. The van der Waals surface area contributed by atoms with Gasteiger partial charge in [-0.15, -0.1) is 0 Å². The van der Waals surface area contributed by atoms with Crippen molar-refractivity contribution in [3.63, 3.8) is 0 Å². The summed E-state index contributed by atoms with van der Waals surface area (Å²) in [4.78, 5) is 0. The zero-order valence-corrected chi connectivity index (χ0v) is 10.5. The SMILES string of the molecule is Fc1cccc(-n2ccc(C(F)(F)F)n2)c1CBr. The van der Waals surface area contributed by atoms with Crippen LogP contribution in [0.1, 0.15) is 11.3 Å². The summed E-state index contributed by atoms with van der Waals surface area (Å²) >= 11 is 3.10. The van der Waals surface area contributed by atoms with Gasteiger partial charge in [-0.3, -0.25) is 0 Å². The van der Waals surface area contributed by atoms with Gasteiger partial charge < -0.3 is 0 Å². The first-order valence-electron chi connectivity index (χ1n) is 4.90. The van der Waals surface area contributed by atoms with Crippen molar-refractivity contribution < 1.29 is 17.6 Å². The maximum absolute atomic E-state index is 13.5. The van der Waals surface area contributed by atoms with Gasteiger partial charge in [-0.25, -0.2) is 9.07 Å². The summed E-state index contributed by atoms with van der Waals surface area (Å²) in [7, 11) is 0. The Morgan fingerprint density at radius 2 is 1.94 bits per heavy atom. The summed E-state index contributed by atoms with van der Waals surface area (Å²) in [5, 5.41) is 3.60. The van der Waals surface area contributed by atoms with Crippen LogP contribution in [0.25, 0.3) is 5.69 Å². The topological polar surface area (TPSA) is 17.8 Å². The van der Waals surface area contributed by atoms with E-state index in [4.69, 9.17) is 0 Å². The van der Waals surface area contributed by atoms with Crippen LogP contribution in [0.3, 0.4) is 0 Å². The van der Waals surface area contributed by atoms with E-state index in [1.54, 1.807) is 0 Å². The highest BCUT2D eigenvalue weighted by atomic mass is 79.9. The number of benzene rings is 1. The van der Waals surface area contributed by atoms with Crippen LogP contribution in [0.5, 0.6) is 0 Å². The fourth-order valence-electron chi connectivity index (χ4n) is 1.50. The molecule has 2 rings (SSSR count). The highest BCUT2D eigenvalue weighted by Gasteiger charge is 2.33. The molecule has 0 saturated heterocycles. The van der Waals surface area contributed by atoms with Gasteiger partial charge in [0.1, 0.15) is 5.82 Å². The largest absolute Gasteiger partial charge is 0.435 e. The molecule has 0 aliphatic heterocycles. The fraction of sp³-hybridized carbons (Fsp3) is 0.182. The smallest absolute Gasteiger partial charge is 0.240 e. The molecule has 2 nitrogen and oxygen atoms in total. The predicted octanol–water partition coefficient (Wildman–Crippen LogP) is 3.93. The van der Waals surface area contributed by atoms with E-state index >= 15 is 0 Å². The minimum absolute atomic E-state index is 0.191. The first-order chi connectivity index (χ1) is 8.43. The van der Waals surface area contributed by atoms with Crippen molar-refractivity contribution in [2.24, 2.45) is 0 Å². The fourth-order valence-corrected chi connectivity index (χ4v) is 2.06. The van der Waals surface area contributed by atoms with Crippen molar-refractivity contribution in [1.82, 2.24) is 9.78 Å². The van der Waals surface area contributed by atoms with Gasteiger partial charge in [0.2, 0.25) is 0 Å². The Morgan fingerprint density at radius 3 is 2.50 bits per heavy atom. The molecule has 0 spiro atoms. The van der Waals surface area contributed by atoms with E-state index in [-0.39, 0.29) is 16.6 Å². The van der Waals surface area contributed by atoms with Crippen LogP contribution in [0.15, 0.2) is 30.5 Å². The molecule has 2 aromatic rings. The Morgan fingerprint density at radius 1 is 1.22 bits per heavy atom. The summed E-state index contributed by atoms with van der Waals surface area (Å²) in [6.45, 7) is 0. The molecule has 0 radical (unpaired) electrons. The molecule has 0 unspecified atom stereocenters. The lowest BCUT2D eigenvalue weighted by Crippen LogP contribution is -2.08. The molecule has 1 aromatic heterocycles. The molecule has 0 atom stereocenters. The minimum atomic E-state index is -4.51. The van der Waals surface area contributed by atoms with E-state index in [9.17, 15) is 17.6 Å². The van der Waals surface area contributed by atoms with Gasteiger partial charge in [-0.05, 0) is 18.2 Å². The molecule has 0 N–H and O–H groups in total. The molecule has 0 bridgehead atoms. The molecule has 0 aliphatic carbocycles. The molecule has 96 valence electrons. The number of nitrogens with zero attached hydrogens (tertiary/aromatic N) is 2. The molecule has 1 aromatic carbocycles. The van der Waals surface area contributed by atoms with Crippen LogP contribution in [0, 0.1) is 5.82 Å². The van der Waals surface area contributed by atoms with E-state index in [0.29, 0.717) is 0 Å². The van der Waals surface area contributed by atoms with Gasteiger partial charge in [0.05, 0.1) is 5.69 Å². The van der Waals surface area contributed by atoms with Gasteiger partial charge in [-0.2, -0.15) is 18.3 Å². The standard InChI is InChI=1S/C11H7BrF4N2/c12-6-7-8(13)2-1-3-9(7)18-5-4-10(17-18)11(14,15)16/h1-5H,6H2. The van der Waals surface area contributed by atoms with E-state index in [1.165, 1.54) is 18.2 Å². The Hall–Kier alpha value is -1.37. The average Bonchev–Trinajstić information content (AvgIpc) is 2.77. The molecule has 0 amide bonds. The number of hydrogen-bond donors (Lipinski definition) is 0. The van der Waals surface area contributed by atoms with Crippen LogP contribution in [-0.2, 0) is 11.5 Å². The van der Waals surface area contributed by atoms with Crippen LogP contribution < -0.4 is 0 Å². The third-order valence-corrected chi connectivity index (χ3v) is 2.91. The summed E-state index contributed by atoms with van der Waals surface area (Å²) < 4.78 is 51.8. The Balaban J connectivity index is 2.50. The van der Waals surface area contributed by atoms with E-state index in [1.807, 2.05) is 0 Å². The lowest BCUT2D eigenvalue weighted by Gasteiger charge is -2.08. The monoisotopic (exact) mass is 322 g/mol. The first-order valence-corrected chi connectivity index (χ1v) is 6.02. The summed E-state index contributed by atoms with van der Waals surface area (Å²) in [6, 6.07) is 5.02. The van der Waals surface area contributed by atoms with Crippen LogP contribution >= 0.6 is 15.9 Å². The predicted molar refractivity (Wildman–Crippen MR) is 61.2 cm³/mol. The summed E-state index contributed by atoms with van der Waals surface area (Å²) in [5.74, 6) is -0.492. The molecule has 0 aliphatic rings.